The van der Waals surface area contributed by atoms with Crippen molar-refractivity contribution in [2.45, 2.75) is 0 Å². The standard InChI is InChI=1S/C25H20N4O.C24H18N4.C24H20N2O3.C23H18N2O3/c1-30-25-16-20(11-12-24(25)28-14-13-26-17-28)10-9-19-5-4-6-21(15-19)29-18-27-22-7-2-3-8-23(22)29;1-2-7-24-23(6-1)26-18-28(24)22-5-3-4-20(16-22)9-8-19-10-12-21(13-11-19)27-15-14-25-17-27;1-28-23-15-18(12-13-20(23)24(27)29-2)11-10-17-6-5-7-19(14-17)26-16-25-21-8-3-4-9-22(21)26;1-28-22-14-17(11-12-19(22)23(26)27)10-9-16-5-4-6-18(13-16)25-15-24-20-7-2-3-8-21(20)25/h2-18H,1H3;1-18H;3-16H,1-2H3;2-15H,1H3,(H,26,27)/b10-9+;9-8+;11-10+;10-9+. The molecule has 0 saturated heterocycles. The highest BCUT2D eigenvalue weighted by molar-refractivity contribution is 5.94. The smallest absolute Gasteiger partial charge is 0.341 e. The van der Waals surface area contributed by atoms with Crippen LogP contribution < -0.4 is 14.2 Å². The fourth-order valence-corrected chi connectivity index (χ4v) is 13.2. The van der Waals surface area contributed by atoms with Gasteiger partial charge in [0.05, 0.1) is 90.9 Å². The molecule has 6 aromatic heterocycles. The minimum atomic E-state index is -1.01. The summed E-state index contributed by atoms with van der Waals surface area (Å²) in [7, 11) is 6.04. The Hall–Kier alpha value is -15.8. The Morgan fingerprint density at radius 1 is 0.304 bits per heavy atom. The van der Waals surface area contributed by atoms with Crippen molar-refractivity contribution >= 4 is 105 Å². The molecule has 0 unspecified atom stereocenters. The second kappa shape index (κ2) is 35.3. The van der Waals surface area contributed by atoms with Crippen LogP contribution in [0.25, 0.3) is 127 Å². The molecule has 1 N–H and O–H groups in total. The van der Waals surface area contributed by atoms with Crippen molar-refractivity contribution in [1.82, 2.24) is 57.3 Å². The first kappa shape index (κ1) is 74.7. The number of carboxylic acids is 1. The van der Waals surface area contributed by atoms with Gasteiger partial charge < -0.3 is 33.2 Å². The second-order valence-electron chi connectivity index (χ2n) is 26.3. The third kappa shape index (κ3) is 17.6. The number of carboxylic acid groups (broad SMARTS) is 1. The number of carbonyl (C=O) groups excluding carboxylic acids is 1. The highest BCUT2D eigenvalue weighted by Crippen LogP contribution is 2.30. The highest BCUT2D eigenvalue weighted by Gasteiger charge is 2.15. The van der Waals surface area contributed by atoms with Crippen LogP contribution in [0.5, 0.6) is 17.2 Å². The summed E-state index contributed by atoms with van der Waals surface area (Å²) >= 11 is 0. The zero-order valence-corrected chi connectivity index (χ0v) is 63.1. The summed E-state index contributed by atoms with van der Waals surface area (Å²) < 4.78 is 33.1. The quantitative estimate of drug-likeness (QED) is 0.0593. The average Bonchev–Trinajstić information content (AvgIpc) is 1.68. The maximum Gasteiger partial charge on any atom is 0.341 e. The van der Waals surface area contributed by atoms with Crippen LogP contribution in [0.15, 0.2) is 336 Å². The van der Waals surface area contributed by atoms with Crippen molar-refractivity contribution in [2.24, 2.45) is 0 Å². The van der Waals surface area contributed by atoms with Crippen LogP contribution in [0.2, 0.25) is 0 Å². The van der Waals surface area contributed by atoms with Crippen LogP contribution in [-0.4, -0.2) is 103 Å². The Labute approximate surface area is 663 Å². The lowest BCUT2D eigenvalue weighted by atomic mass is 10.1. The fourth-order valence-electron chi connectivity index (χ4n) is 13.2. The molecule has 0 aliphatic carbocycles. The van der Waals surface area contributed by atoms with E-state index in [1.54, 1.807) is 56.4 Å². The molecule has 115 heavy (non-hydrogen) atoms. The monoisotopic (exact) mass is 1510 g/mol. The number of carbonyl (C=O) groups is 2. The van der Waals surface area contributed by atoms with Gasteiger partial charge in [0.2, 0.25) is 0 Å². The van der Waals surface area contributed by atoms with E-state index in [0.29, 0.717) is 17.1 Å². The van der Waals surface area contributed by atoms with Gasteiger partial charge in [-0.25, -0.2) is 39.5 Å². The number of para-hydroxylation sites is 8. The number of benzene rings is 12. The van der Waals surface area contributed by atoms with Crippen LogP contribution >= 0.6 is 0 Å². The molecule has 0 atom stereocenters. The number of nitrogens with zero attached hydrogens (tertiary/aromatic N) is 12. The van der Waals surface area contributed by atoms with Crippen molar-refractivity contribution in [3.05, 3.63) is 391 Å². The van der Waals surface area contributed by atoms with Gasteiger partial charge in [-0.3, -0.25) is 18.3 Å². The zero-order chi connectivity index (χ0) is 78.8. The lowest BCUT2D eigenvalue weighted by Crippen LogP contribution is -2.03. The molecule has 0 amide bonds. The molecule has 19 nitrogen and oxygen atoms in total. The van der Waals surface area contributed by atoms with Crippen LogP contribution in [0.4, 0.5) is 0 Å². The molecule has 6 heterocycles. The molecule has 18 rings (SSSR count). The Balaban J connectivity index is 0.000000121. The molecule has 0 spiro atoms. The molecule has 0 radical (unpaired) electrons. The lowest BCUT2D eigenvalue weighted by molar-refractivity contribution is 0.0596. The van der Waals surface area contributed by atoms with E-state index in [0.717, 1.165) is 129 Å². The lowest BCUT2D eigenvalue weighted by Gasteiger charge is -2.10. The molecule has 12 aromatic carbocycles. The van der Waals surface area contributed by atoms with Crippen molar-refractivity contribution in [3.63, 3.8) is 0 Å². The van der Waals surface area contributed by atoms with Gasteiger partial charge >= 0.3 is 11.9 Å². The topological polar surface area (TPSA) is 198 Å². The number of aromatic carboxylic acids is 1. The van der Waals surface area contributed by atoms with Gasteiger partial charge in [0, 0.05) is 53.2 Å². The fraction of sp³-hybridized carbons (Fsp3) is 0.0417. The van der Waals surface area contributed by atoms with Gasteiger partial charge in [-0.1, -0.05) is 176 Å². The molecule has 19 heteroatoms. The van der Waals surface area contributed by atoms with Gasteiger partial charge in [0.1, 0.15) is 53.7 Å². The Bertz CT molecular complexity index is 6560. The third-order valence-corrected chi connectivity index (χ3v) is 19.0. The number of imidazole rings is 6. The summed E-state index contributed by atoms with van der Waals surface area (Å²) in [6, 6.07) is 90.5. The highest BCUT2D eigenvalue weighted by atomic mass is 16.5. The molecule has 562 valence electrons. The minimum absolute atomic E-state index is 0.147. The van der Waals surface area contributed by atoms with E-state index in [4.69, 9.17) is 18.9 Å². The average molecular weight is 1510 g/mol. The maximum atomic E-state index is 11.8. The summed E-state index contributed by atoms with van der Waals surface area (Å²) in [5.74, 6) is 0.199. The number of aromatic nitrogens is 12. The first-order chi connectivity index (χ1) is 56.5. The van der Waals surface area contributed by atoms with Crippen molar-refractivity contribution in [2.75, 3.05) is 28.4 Å². The van der Waals surface area contributed by atoms with Gasteiger partial charge in [0.25, 0.3) is 0 Å². The van der Waals surface area contributed by atoms with E-state index in [1.165, 1.54) is 21.3 Å². The molecule has 0 aliphatic rings. The minimum Gasteiger partial charge on any atom is -0.496 e. The summed E-state index contributed by atoms with van der Waals surface area (Å²) in [5.41, 5.74) is 23.4. The van der Waals surface area contributed by atoms with Gasteiger partial charge in [-0.2, -0.15) is 0 Å². The van der Waals surface area contributed by atoms with E-state index >= 15 is 0 Å². The summed E-state index contributed by atoms with van der Waals surface area (Å²) in [6.07, 6.45) is 34.7. The number of rotatable bonds is 19. The summed E-state index contributed by atoms with van der Waals surface area (Å²) in [6.45, 7) is 0. The van der Waals surface area contributed by atoms with Gasteiger partial charge in [-0.15, -0.1) is 0 Å². The molecule has 0 aliphatic heterocycles. The molecular formula is C96H76N12O7. The van der Waals surface area contributed by atoms with E-state index in [9.17, 15) is 14.7 Å². The first-order valence-corrected chi connectivity index (χ1v) is 36.8. The molecule has 0 saturated carbocycles. The second-order valence-corrected chi connectivity index (χ2v) is 26.3. The number of methoxy groups -OCH3 is 4. The van der Waals surface area contributed by atoms with Crippen molar-refractivity contribution in [3.8, 4) is 51.4 Å². The van der Waals surface area contributed by atoms with Crippen molar-refractivity contribution < 1.29 is 33.6 Å². The number of hydrogen-bond acceptors (Lipinski definition) is 12. The maximum absolute atomic E-state index is 11.8. The molecular weight excluding hydrogens is 1430 g/mol. The molecule has 18 aromatic rings. The summed E-state index contributed by atoms with van der Waals surface area (Å²) in [5, 5.41) is 9.19. The Morgan fingerprint density at radius 2 is 0.626 bits per heavy atom. The predicted molar refractivity (Wildman–Crippen MR) is 458 cm³/mol. The van der Waals surface area contributed by atoms with Crippen molar-refractivity contribution in [1.29, 1.82) is 0 Å². The number of fused-ring (bicyclic) bond motifs is 4. The van der Waals surface area contributed by atoms with E-state index < -0.39 is 11.9 Å². The van der Waals surface area contributed by atoms with Crippen LogP contribution in [0, 0.1) is 0 Å². The van der Waals surface area contributed by atoms with Gasteiger partial charge in [-0.05, 0) is 190 Å². The number of hydrogen-bond donors (Lipinski definition) is 1. The first-order valence-electron chi connectivity index (χ1n) is 36.8. The predicted octanol–water partition coefficient (Wildman–Crippen LogP) is 20.7. The van der Waals surface area contributed by atoms with Crippen LogP contribution in [0.1, 0.15) is 65.2 Å². The number of ether oxygens (including phenoxy) is 4. The van der Waals surface area contributed by atoms with Crippen LogP contribution in [-0.2, 0) is 4.74 Å². The zero-order valence-electron chi connectivity index (χ0n) is 63.1. The van der Waals surface area contributed by atoms with E-state index in [-0.39, 0.29) is 5.56 Å². The normalized spacial score (nSPS) is 11.3. The SMILES string of the molecule is C(=C\c1cccc(-n2cnc3ccccc32)c1)/c1ccc(-n2ccnc2)cc1.COC(=O)c1ccc(/C=C/c2cccc(-n3cnc4ccccc43)c2)cc1OC.COc1cc(/C=C/c2cccc(-n3cnc4ccccc43)c2)ccc1-n1ccnc1.COc1cc(/C=C/c2cccc(-n3cnc4ccccc43)c2)ccc1C(=O)O. The molecule has 0 fully saturated rings. The Morgan fingerprint density at radius 3 is 0.983 bits per heavy atom. The van der Waals surface area contributed by atoms with Crippen LogP contribution in [0.3, 0.4) is 0 Å². The molecule has 0 bridgehead atoms. The Kier molecular flexibility index (Phi) is 22.9. The van der Waals surface area contributed by atoms with E-state index in [2.05, 4.69) is 188 Å². The van der Waals surface area contributed by atoms with Gasteiger partial charge in [0.15, 0.2) is 0 Å². The van der Waals surface area contributed by atoms with E-state index in [1.807, 2.05) is 205 Å². The third-order valence-electron chi connectivity index (χ3n) is 19.0. The largest absolute Gasteiger partial charge is 0.496 e. The summed E-state index contributed by atoms with van der Waals surface area (Å²) in [4.78, 5) is 49.1. The number of esters is 1.